The molecule has 2 aromatic rings. The van der Waals surface area contributed by atoms with E-state index in [1.807, 2.05) is 18.0 Å². The van der Waals surface area contributed by atoms with Gasteiger partial charge in [-0.05, 0) is 30.0 Å². The maximum absolute atomic E-state index is 14.1. The summed E-state index contributed by atoms with van der Waals surface area (Å²) in [6, 6.07) is 3.45. The molecule has 170 valence electrons. The number of carbonyl (C=O) groups excluding carboxylic acids is 1. The summed E-state index contributed by atoms with van der Waals surface area (Å²) in [5.41, 5.74) is 4.50. The molecule has 0 saturated heterocycles. The first-order chi connectivity index (χ1) is 15.5. The summed E-state index contributed by atoms with van der Waals surface area (Å²) in [7, 11) is 3.47. The number of carbonyl (C=O) groups is 1. The predicted molar refractivity (Wildman–Crippen MR) is 118 cm³/mol. The van der Waals surface area contributed by atoms with E-state index in [0.29, 0.717) is 38.2 Å². The number of urea groups is 1. The van der Waals surface area contributed by atoms with E-state index >= 15 is 0 Å². The SMILES string of the molecule is CNC(=O)N1CCc2[nH]nc(N3CCCc4cc(C5C=NN(C)C5)c(C(F)F)cc43)c2C1. The van der Waals surface area contributed by atoms with E-state index in [2.05, 4.69) is 20.6 Å². The second-order valence-corrected chi connectivity index (χ2v) is 8.61. The average Bonchev–Trinajstić information content (AvgIpc) is 3.42. The maximum Gasteiger partial charge on any atom is 0.317 e. The van der Waals surface area contributed by atoms with Crippen molar-refractivity contribution in [1.82, 2.24) is 25.4 Å². The number of likely N-dealkylation sites (N-methyl/N-ethyl adjacent to an activating group) is 1. The maximum atomic E-state index is 14.1. The van der Waals surface area contributed by atoms with E-state index in [4.69, 9.17) is 0 Å². The predicted octanol–water partition coefficient (Wildman–Crippen LogP) is 3.14. The van der Waals surface area contributed by atoms with Crippen LogP contribution >= 0.6 is 0 Å². The monoisotopic (exact) mass is 443 g/mol. The Kier molecular flexibility index (Phi) is 5.22. The van der Waals surface area contributed by atoms with Crippen molar-refractivity contribution in [2.24, 2.45) is 5.10 Å². The normalized spacial score (nSPS) is 20.0. The van der Waals surface area contributed by atoms with Crippen LogP contribution in [0.5, 0.6) is 0 Å². The first-order valence-corrected chi connectivity index (χ1v) is 11.0. The highest BCUT2D eigenvalue weighted by Gasteiger charge is 2.32. The van der Waals surface area contributed by atoms with Crippen LogP contribution in [-0.2, 0) is 19.4 Å². The number of hydrogen-bond acceptors (Lipinski definition) is 5. The van der Waals surface area contributed by atoms with Gasteiger partial charge in [0.2, 0.25) is 0 Å². The number of aromatic nitrogens is 2. The number of hydrazone groups is 1. The standard InChI is InChI=1S/C22H27F2N7O/c1-25-22(32)30-7-5-18-17(12-30)21(28-27-18)31-6-3-4-13-8-15(14-10-26-29(2)11-14)16(20(23)24)9-19(13)31/h8-10,14,20H,3-7,11-12H2,1-2H3,(H,25,32)(H,27,28). The molecule has 4 heterocycles. The van der Waals surface area contributed by atoms with Gasteiger partial charge in [0.25, 0.3) is 6.43 Å². The molecule has 0 fully saturated rings. The van der Waals surface area contributed by atoms with Gasteiger partial charge in [0, 0.05) is 74.8 Å². The lowest BCUT2D eigenvalue weighted by Gasteiger charge is -2.33. The van der Waals surface area contributed by atoms with Crippen molar-refractivity contribution in [3.05, 3.63) is 40.1 Å². The molecule has 32 heavy (non-hydrogen) atoms. The van der Waals surface area contributed by atoms with Gasteiger partial charge in [0.15, 0.2) is 5.82 Å². The average molecular weight is 444 g/mol. The molecule has 1 unspecified atom stereocenters. The molecular formula is C22H27F2N7O. The zero-order valence-electron chi connectivity index (χ0n) is 18.2. The molecule has 1 aromatic carbocycles. The summed E-state index contributed by atoms with van der Waals surface area (Å²) >= 11 is 0. The minimum atomic E-state index is -2.57. The van der Waals surface area contributed by atoms with Crippen LogP contribution in [0.15, 0.2) is 17.2 Å². The molecule has 3 aliphatic heterocycles. The van der Waals surface area contributed by atoms with E-state index in [-0.39, 0.29) is 17.5 Å². The lowest BCUT2D eigenvalue weighted by molar-refractivity contribution is 0.150. The number of benzene rings is 1. The van der Waals surface area contributed by atoms with Crippen molar-refractivity contribution in [3.63, 3.8) is 0 Å². The summed E-state index contributed by atoms with van der Waals surface area (Å²) in [5.74, 6) is 0.591. The second kappa shape index (κ2) is 8.07. The van der Waals surface area contributed by atoms with E-state index in [9.17, 15) is 13.6 Å². The number of nitrogens with one attached hydrogen (secondary N) is 2. The quantitative estimate of drug-likeness (QED) is 0.764. The number of H-pyrrole nitrogens is 1. The van der Waals surface area contributed by atoms with Crippen LogP contribution in [0.4, 0.5) is 25.1 Å². The second-order valence-electron chi connectivity index (χ2n) is 8.61. The third kappa shape index (κ3) is 3.47. The smallest absolute Gasteiger partial charge is 0.317 e. The highest BCUT2D eigenvalue weighted by molar-refractivity contribution is 5.76. The number of rotatable bonds is 3. The zero-order chi connectivity index (χ0) is 22.4. The molecule has 2 amide bonds. The van der Waals surface area contributed by atoms with E-state index in [1.165, 1.54) is 0 Å². The van der Waals surface area contributed by atoms with Crippen molar-refractivity contribution < 1.29 is 13.6 Å². The fourth-order valence-corrected chi connectivity index (χ4v) is 4.98. The molecule has 0 saturated carbocycles. The van der Waals surface area contributed by atoms with Gasteiger partial charge in [-0.2, -0.15) is 10.2 Å². The fraction of sp³-hybridized carbons (Fsp3) is 0.500. The first kappa shape index (κ1) is 20.7. The minimum Gasteiger partial charge on any atom is -0.341 e. The Morgan fingerprint density at radius 3 is 2.84 bits per heavy atom. The van der Waals surface area contributed by atoms with Crippen molar-refractivity contribution in [1.29, 1.82) is 0 Å². The van der Waals surface area contributed by atoms with Crippen LogP contribution in [0.3, 0.4) is 0 Å². The van der Waals surface area contributed by atoms with Gasteiger partial charge in [-0.15, -0.1) is 0 Å². The molecular weight excluding hydrogens is 416 g/mol. The van der Waals surface area contributed by atoms with Gasteiger partial charge in [-0.25, -0.2) is 13.6 Å². The Morgan fingerprint density at radius 2 is 2.12 bits per heavy atom. The van der Waals surface area contributed by atoms with Crippen molar-refractivity contribution >= 4 is 23.8 Å². The summed E-state index contributed by atoms with van der Waals surface area (Å²) in [6.45, 7) is 2.35. The van der Waals surface area contributed by atoms with Gasteiger partial charge in [0.1, 0.15) is 0 Å². The summed E-state index contributed by atoms with van der Waals surface area (Å²) in [5, 5.41) is 16.4. The topological polar surface area (TPSA) is 79.9 Å². The van der Waals surface area contributed by atoms with Crippen LogP contribution in [0, 0.1) is 0 Å². The minimum absolute atomic E-state index is 0.0544. The Balaban J connectivity index is 1.54. The molecule has 3 aliphatic rings. The summed E-state index contributed by atoms with van der Waals surface area (Å²) < 4.78 is 28.2. The van der Waals surface area contributed by atoms with Gasteiger partial charge in [0.05, 0.1) is 6.54 Å². The van der Waals surface area contributed by atoms with E-state index in [0.717, 1.165) is 41.2 Å². The van der Waals surface area contributed by atoms with Gasteiger partial charge in [-0.3, -0.25) is 10.1 Å². The fourth-order valence-electron chi connectivity index (χ4n) is 4.98. The number of hydrogen-bond donors (Lipinski definition) is 2. The number of nitrogens with zero attached hydrogens (tertiary/aromatic N) is 5. The first-order valence-electron chi connectivity index (χ1n) is 11.0. The Bertz CT molecular complexity index is 1070. The highest BCUT2D eigenvalue weighted by Crippen LogP contribution is 2.41. The number of fused-ring (bicyclic) bond motifs is 2. The summed E-state index contributed by atoms with van der Waals surface area (Å²) in [4.78, 5) is 15.9. The molecule has 2 N–H and O–H groups in total. The van der Waals surface area contributed by atoms with Gasteiger partial charge < -0.3 is 15.1 Å². The van der Waals surface area contributed by atoms with Crippen LogP contribution in [0.25, 0.3) is 0 Å². The number of anilines is 2. The molecule has 0 spiro atoms. The van der Waals surface area contributed by atoms with Gasteiger partial charge >= 0.3 is 6.03 Å². The zero-order valence-corrected chi connectivity index (χ0v) is 18.2. The number of amides is 2. The lowest BCUT2D eigenvalue weighted by Crippen LogP contribution is -2.41. The van der Waals surface area contributed by atoms with Crippen LogP contribution < -0.4 is 10.2 Å². The highest BCUT2D eigenvalue weighted by atomic mass is 19.3. The molecule has 5 rings (SSSR count). The Labute approximate surface area is 185 Å². The number of alkyl halides is 2. The Hall–Kier alpha value is -3.17. The number of halogens is 2. The lowest BCUT2D eigenvalue weighted by atomic mass is 9.89. The molecule has 0 bridgehead atoms. The molecule has 0 aliphatic carbocycles. The van der Waals surface area contributed by atoms with E-state index in [1.54, 1.807) is 29.2 Å². The molecule has 0 radical (unpaired) electrons. The van der Waals surface area contributed by atoms with Gasteiger partial charge in [-0.1, -0.05) is 6.07 Å². The molecule has 10 heteroatoms. The van der Waals surface area contributed by atoms with Crippen LogP contribution in [-0.4, -0.2) is 66.1 Å². The van der Waals surface area contributed by atoms with Crippen molar-refractivity contribution in [3.8, 4) is 0 Å². The summed E-state index contributed by atoms with van der Waals surface area (Å²) in [6.07, 6.45) is 1.60. The van der Waals surface area contributed by atoms with Crippen molar-refractivity contribution in [2.45, 2.75) is 38.2 Å². The Morgan fingerprint density at radius 1 is 1.28 bits per heavy atom. The largest absolute Gasteiger partial charge is 0.341 e. The van der Waals surface area contributed by atoms with E-state index < -0.39 is 6.43 Å². The van der Waals surface area contributed by atoms with Crippen LogP contribution in [0.1, 0.15) is 46.7 Å². The number of aryl methyl sites for hydroxylation is 1. The molecule has 1 aromatic heterocycles. The van der Waals surface area contributed by atoms with Crippen molar-refractivity contribution in [2.75, 3.05) is 38.6 Å². The number of aromatic amines is 1. The van der Waals surface area contributed by atoms with Crippen LogP contribution in [0.2, 0.25) is 0 Å². The molecule has 8 nitrogen and oxygen atoms in total. The molecule has 1 atom stereocenters. The third-order valence-corrected chi connectivity index (χ3v) is 6.61. The third-order valence-electron chi connectivity index (χ3n) is 6.61.